The van der Waals surface area contributed by atoms with E-state index in [2.05, 4.69) is 19.6 Å². The molecule has 0 saturated carbocycles. The number of hydrogen-bond acceptors (Lipinski definition) is 2. The van der Waals surface area contributed by atoms with Gasteiger partial charge in [0.2, 0.25) is 0 Å². The van der Waals surface area contributed by atoms with Crippen LogP contribution in [0.2, 0.25) is 30.7 Å². The summed E-state index contributed by atoms with van der Waals surface area (Å²) in [5, 5.41) is 0.781. The highest BCUT2D eigenvalue weighted by Crippen LogP contribution is 2.20. The van der Waals surface area contributed by atoms with Crippen LogP contribution in [0.1, 0.15) is 0 Å². The standard InChI is InChI=1S/C12H19ClOSSi/c1-16(2,3)9-8-14-10-15-12-6-4-11(13)5-7-12/h4-7H,8-10H2,1-3H3. The Morgan fingerprint density at radius 2 is 1.81 bits per heavy atom. The van der Waals surface area contributed by atoms with Crippen LogP contribution in [-0.2, 0) is 4.74 Å². The summed E-state index contributed by atoms with van der Waals surface area (Å²) in [6.45, 7) is 7.98. The Morgan fingerprint density at radius 3 is 2.38 bits per heavy atom. The molecule has 0 bridgehead atoms. The van der Waals surface area contributed by atoms with Gasteiger partial charge in [-0.05, 0) is 30.3 Å². The van der Waals surface area contributed by atoms with Crippen molar-refractivity contribution in [1.29, 1.82) is 0 Å². The van der Waals surface area contributed by atoms with Crippen LogP contribution in [0, 0.1) is 0 Å². The van der Waals surface area contributed by atoms with Gasteiger partial charge in [0.1, 0.15) is 0 Å². The molecule has 4 heteroatoms. The van der Waals surface area contributed by atoms with E-state index in [1.165, 1.54) is 10.9 Å². The minimum Gasteiger partial charge on any atom is -0.371 e. The molecule has 0 amide bonds. The van der Waals surface area contributed by atoms with Crippen molar-refractivity contribution in [3.05, 3.63) is 29.3 Å². The lowest BCUT2D eigenvalue weighted by molar-refractivity contribution is 0.198. The van der Waals surface area contributed by atoms with Crippen molar-refractivity contribution in [2.75, 3.05) is 12.5 Å². The summed E-state index contributed by atoms with van der Waals surface area (Å²) in [6.07, 6.45) is 0. The van der Waals surface area contributed by atoms with E-state index >= 15 is 0 Å². The van der Waals surface area contributed by atoms with E-state index in [-0.39, 0.29) is 0 Å². The zero-order chi connectivity index (χ0) is 12.0. The molecule has 1 nitrogen and oxygen atoms in total. The lowest BCUT2D eigenvalue weighted by Gasteiger charge is -2.15. The van der Waals surface area contributed by atoms with Gasteiger partial charge >= 0.3 is 0 Å². The predicted molar refractivity (Wildman–Crippen MR) is 76.3 cm³/mol. The summed E-state index contributed by atoms with van der Waals surface area (Å²) >= 11 is 7.52. The second-order valence-corrected chi connectivity index (χ2v) is 12.0. The molecule has 0 unspecified atom stereocenters. The van der Waals surface area contributed by atoms with E-state index in [0.29, 0.717) is 0 Å². The highest BCUT2D eigenvalue weighted by atomic mass is 35.5. The summed E-state index contributed by atoms with van der Waals surface area (Å²) in [4.78, 5) is 1.21. The molecule has 0 atom stereocenters. The van der Waals surface area contributed by atoms with Crippen molar-refractivity contribution < 1.29 is 4.74 Å². The van der Waals surface area contributed by atoms with Gasteiger partial charge in [0.15, 0.2) is 0 Å². The van der Waals surface area contributed by atoms with Crippen LogP contribution in [0.15, 0.2) is 29.2 Å². The topological polar surface area (TPSA) is 9.23 Å². The Bertz CT molecular complexity index is 308. The molecule has 0 radical (unpaired) electrons. The lowest BCUT2D eigenvalue weighted by atomic mass is 10.4. The van der Waals surface area contributed by atoms with Gasteiger partial charge in [0, 0.05) is 24.6 Å². The first-order chi connectivity index (χ1) is 7.47. The molecule has 0 aliphatic rings. The first-order valence-electron chi connectivity index (χ1n) is 5.43. The van der Waals surface area contributed by atoms with Crippen molar-refractivity contribution in [3.63, 3.8) is 0 Å². The summed E-state index contributed by atoms with van der Waals surface area (Å²) in [7, 11) is -0.946. The van der Waals surface area contributed by atoms with E-state index in [4.69, 9.17) is 16.3 Å². The molecule has 0 heterocycles. The van der Waals surface area contributed by atoms with Crippen molar-refractivity contribution >= 4 is 31.4 Å². The lowest BCUT2D eigenvalue weighted by Crippen LogP contribution is -2.21. The van der Waals surface area contributed by atoms with Crippen LogP contribution in [0.4, 0.5) is 0 Å². The molecule has 90 valence electrons. The molecule has 0 aliphatic carbocycles. The molecule has 1 aromatic carbocycles. The van der Waals surface area contributed by atoms with Crippen LogP contribution < -0.4 is 0 Å². The van der Waals surface area contributed by atoms with Gasteiger partial charge in [0.25, 0.3) is 0 Å². The molecule has 1 aromatic rings. The Labute approximate surface area is 109 Å². The van der Waals surface area contributed by atoms with Crippen molar-refractivity contribution in [1.82, 2.24) is 0 Å². The van der Waals surface area contributed by atoms with Gasteiger partial charge in [-0.25, -0.2) is 0 Å². The van der Waals surface area contributed by atoms with Crippen LogP contribution in [0.5, 0.6) is 0 Å². The highest BCUT2D eigenvalue weighted by molar-refractivity contribution is 7.99. The normalized spacial score (nSPS) is 11.8. The number of benzene rings is 1. The fraction of sp³-hybridized carbons (Fsp3) is 0.500. The van der Waals surface area contributed by atoms with Crippen molar-refractivity contribution in [2.24, 2.45) is 0 Å². The molecule has 16 heavy (non-hydrogen) atoms. The SMILES string of the molecule is C[Si](C)(C)CCOCSc1ccc(Cl)cc1. The van der Waals surface area contributed by atoms with Gasteiger partial charge < -0.3 is 4.74 Å². The predicted octanol–water partition coefficient (Wildman–Crippen LogP) is 4.74. The highest BCUT2D eigenvalue weighted by Gasteiger charge is 2.11. The Morgan fingerprint density at radius 1 is 1.19 bits per heavy atom. The first-order valence-corrected chi connectivity index (χ1v) is 10.5. The third kappa shape index (κ3) is 6.58. The number of hydrogen-bond donors (Lipinski definition) is 0. The fourth-order valence-corrected chi connectivity index (χ4v) is 2.63. The van der Waals surface area contributed by atoms with E-state index in [1.807, 2.05) is 24.3 Å². The Hall–Kier alpha value is 0.0369. The average molecular weight is 275 g/mol. The van der Waals surface area contributed by atoms with Gasteiger partial charge in [-0.3, -0.25) is 0 Å². The van der Waals surface area contributed by atoms with Crippen LogP contribution in [0.3, 0.4) is 0 Å². The largest absolute Gasteiger partial charge is 0.371 e. The fourth-order valence-electron chi connectivity index (χ4n) is 1.08. The molecule has 0 N–H and O–H groups in total. The Balaban J connectivity index is 2.14. The second kappa shape index (κ2) is 6.69. The molecule has 0 aromatic heterocycles. The molecule has 0 aliphatic heterocycles. The molecule has 1 rings (SSSR count). The smallest absolute Gasteiger partial charge is 0.0966 e. The van der Waals surface area contributed by atoms with E-state index in [1.54, 1.807) is 11.8 Å². The molecule has 0 fully saturated rings. The number of ether oxygens (including phenoxy) is 1. The molecular weight excluding hydrogens is 256 g/mol. The Kier molecular flexibility index (Phi) is 5.90. The van der Waals surface area contributed by atoms with E-state index < -0.39 is 8.07 Å². The number of thioether (sulfide) groups is 1. The van der Waals surface area contributed by atoms with Gasteiger partial charge in [-0.1, -0.05) is 43.0 Å². The van der Waals surface area contributed by atoms with Crippen LogP contribution in [0.25, 0.3) is 0 Å². The van der Waals surface area contributed by atoms with Crippen molar-refractivity contribution in [2.45, 2.75) is 30.6 Å². The summed E-state index contributed by atoms with van der Waals surface area (Å²) in [6, 6.07) is 9.09. The molecule has 0 spiro atoms. The first kappa shape index (κ1) is 14.1. The van der Waals surface area contributed by atoms with Crippen LogP contribution >= 0.6 is 23.4 Å². The molecule has 0 saturated heterocycles. The minimum atomic E-state index is -0.946. The monoisotopic (exact) mass is 274 g/mol. The zero-order valence-corrected chi connectivity index (χ0v) is 12.7. The van der Waals surface area contributed by atoms with Gasteiger partial charge in [-0.15, -0.1) is 0 Å². The summed E-state index contributed by atoms with van der Waals surface area (Å²) in [5.41, 5.74) is 0. The number of rotatable bonds is 6. The van der Waals surface area contributed by atoms with Crippen LogP contribution in [-0.4, -0.2) is 20.6 Å². The minimum absolute atomic E-state index is 0.728. The van der Waals surface area contributed by atoms with E-state index in [9.17, 15) is 0 Å². The maximum absolute atomic E-state index is 5.81. The third-order valence-corrected chi connectivity index (χ3v) is 4.97. The molecular formula is C12H19ClOSSi. The zero-order valence-electron chi connectivity index (χ0n) is 10.1. The quantitative estimate of drug-likeness (QED) is 0.321. The maximum atomic E-state index is 5.81. The second-order valence-electron chi connectivity index (χ2n) is 4.94. The summed E-state index contributed by atoms with van der Waals surface area (Å²) < 4.78 is 5.61. The van der Waals surface area contributed by atoms with Crippen molar-refractivity contribution in [3.8, 4) is 0 Å². The van der Waals surface area contributed by atoms with Gasteiger partial charge in [-0.2, -0.15) is 0 Å². The maximum Gasteiger partial charge on any atom is 0.0966 e. The number of halogens is 1. The third-order valence-electron chi connectivity index (χ3n) is 2.12. The average Bonchev–Trinajstić information content (AvgIpc) is 2.19. The van der Waals surface area contributed by atoms with E-state index in [0.717, 1.165) is 17.6 Å². The summed E-state index contributed by atoms with van der Waals surface area (Å²) in [5.74, 6) is 0.728. The van der Waals surface area contributed by atoms with Gasteiger partial charge in [0.05, 0.1) is 5.94 Å².